The van der Waals surface area contributed by atoms with Crippen molar-refractivity contribution >= 4 is 32.2 Å². The zero-order valence-electron chi connectivity index (χ0n) is 9.49. The van der Waals surface area contributed by atoms with E-state index in [0.29, 0.717) is 17.2 Å². The first-order valence-electron chi connectivity index (χ1n) is 5.12. The van der Waals surface area contributed by atoms with E-state index in [2.05, 4.69) is 24.6 Å². The lowest BCUT2D eigenvalue weighted by molar-refractivity contribution is 0.598. The highest BCUT2D eigenvalue weighted by atomic mass is 32.2. The minimum absolute atomic E-state index is 0.0414. The molecule has 18 heavy (non-hydrogen) atoms. The van der Waals surface area contributed by atoms with Crippen molar-refractivity contribution in [3.05, 3.63) is 24.5 Å². The van der Waals surface area contributed by atoms with Crippen LogP contribution in [0.25, 0.3) is 0 Å². The van der Waals surface area contributed by atoms with E-state index in [9.17, 15) is 8.42 Å². The molecule has 0 saturated carbocycles. The SMILES string of the molecule is CCNc1cccnc1S(=O)(=O)Nc1cnns1. The van der Waals surface area contributed by atoms with Gasteiger partial charge >= 0.3 is 0 Å². The summed E-state index contributed by atoms with van der Waals surface area (Å²) in [6.07, 6.45) is 2.78. The van der Waals surface area contributed by atoms with Gasteiger partial charge in [-0.15, -0.1) is 5.10 Å². The molecule has 0 aliphatic rings. The molecule has 2 N–H and O–H groups in total. The zero-order valence-corrected chi connectivity index (χ0v) is 11.1. The minimum atomic E-state index is -3.73. The molecule has 0 amide bonds. The van der Waals surface area contributed by atoms with E-state index in [4.69, 9.17) is 0 Å². The molecular weight excluding hydrogens is 274 g/mol. The number of aromatic nitrogens is 3. The number of rotatable bonds is 5. The number of nitrogens with zero attached hydrogens (tertiary/aromatic N) is 3. The summed E-state index contributed by atoms with van der Waals surface area (Å²) in [5.41, 5.74) is 0.463. The first-order valence-corrected chi connectivity index (χ1v) is 7.38. The molecule has 0 bridgehead atoms. The van der Waals surface area contributed by atoms with Crippen molar-refractivity contribution in [2.24, 2.45) is 0 Å². The Labute approximate surface area is 108 Å². The van der Waals surface area contributed by atoms with Crippen molar-refractivity contribution in [2.45, 2.75) is 11.9 Å². The number of anilines is 2. The van der Waals surface area contributed by atoms with E-state index >= 15 is 0 Å². The molecule has 0 atom stereocenters. The van der Waals surface area contributed by atoms with Crippen LogP contribution in [0.5, 0.6) is 0 Å². The molecule has 0 aliphatic carbocycles. The van der Waals surface area contributed by atoms with E-state index in [0.717, 1.165) is 11.5 Å². The fourth-order valence-electron chi connectivity index (χ4n) is 1.32. The van der Waals surface area contributed by atoms with Gasteiger partial charge < -0.3 is 5.32 Å². The van der Waals surface area contributed by atoms with E-state index in [-0.39, 0.29) is 5.03 Å². The molecule has 0 spiro atoms. The molecule has 7 nitrogen and oxygen atoms in total. The summed E-state index contributed by atoms with van der Waals surface area (Å²) < 4.78 is 30.2. The molecule has 2 aromatic rings. The van der Waals surface area contributed by atoms with Crippen molar-refractivity contribution < 1.29 is 8.42 Å². The maximum atomic E-state index is 12.1. The zero-order chi connectivity index (χ0) is 13.0. The maximum absolute atomic E-state index is 12.1. The van der Waals surface area contributed by atoms with Gasteiger partial charge in [0.2, 0.25) is 0 Å². The van der Waals surface area contributed by atoms with Gasteiger partial charge in [-0.2, -0.15) is 8.42 Å². The predicted molar refractivity (Wildman–Crippen MR) is 69.1 cm³/mol. The number of hydrogen-bond donors (Lipinski definition) is 2. The molecule has 2 heterocycles. The Morgan fingerprint density at radius 3 is 2.94 bits per heavy atom. The fraction of sp³-hybridized carbons (Fsp3) is 0.222. The lowest BCUT2D eigenvalue weighted by atomic mass is 10.4. The number of nitrogens with one attached hydrogen (secondary N) is 2. The largest absolute Gasteiger partial charge is 0.383 e. The van der Waals surface area contributed by atoms with Crippen molar-refractivity contribution in [3.8, 4) is 0 Å². The van der Waals surface area contributed by atoms with Crippen LogP contribution >= 0.6 is 11.5 Å². The highest BCUT2D eigenvalue weighted by molar-refractivity contribution is 7.93. The minimum Gasteiger partial charge on any atom is -0.383 e. The molecule has 0 radical (unpaired) electrons. The van der Waals surface area contributed by atoms with Gasteiger partial charge in [-0.05, 0) is 19.1 Å². The van der Waals surface area contributed by atoms with Gasteiger partial charge in [0.25, 0.3) is 10.0 Å². The molecule has 2 aromatic heterocycles. The van der Waals surface area contributed by atoms with Gasteiger partial charge in [0.1, 0.15) is 5.00 Å². The lowest BCUT2D eigenvalue weighted by Crippen LogP contribution is -2.16. The van der Waals surface area contributed by atoms with Crippen LogP contribution in [-0.2, 0) is 10.0 Å². The number of sulfonamides is 1. The summed E-state index contributed by atoms with van der Waals surface area (Å²) in [5.74, 6) is 0. The van der Waals surface area contributed by atoms with Crippen LogP contribution in [0.3, 0.4) is 0 Å². The van der Waals surface area contributed by atoms with E-state index < -0.39 is 10.0 Å². The molecule has 0 fully saturated rings. The van der Waals surface area contributed by atoms with Gasteiger partial charge in [0, 0.05) is 24.3 Å². The van der Waals surface area contributed by atoms with Crippen LogP contribution in [0.4, 0.5) is 10.7 Å². The second-order valence-electron chi connectivity index (χ2n) is 3.27. The molecular formula is C9H11N5O2S2. The molecule has 0 unspecified atom stereocenters. The van der Waals surface area contributed by atoms with Crippen LogP contribution in [-0.4, -0.2) is 29.5 Å². The third-order valence-corrected chi connectivity index (χ3v) is 4.02. The lowest BCUT2D eigenvalue weighted by Gasteiger charge is -2.10. The highest BCUT2D eigenvalue weighted by Crippen LogP contribution is 2.21. The second-order valence-corrected chi connectivity index (χ2v) is 5.66. The molecule has 2 rings (SSSR count). The van der Waals surface area contributed by atoms with E-state index in [1.54, 1.807) is 12.1 Å². The van der Waals surface area contributed by atoms with Gasteiger partial charge in [-0.25, -0.2) is 4.98 Å². The second kappa shape index (κ2) is 5.27. The molecule has 0 saturated heterocycles. The fourth-order valence-corrected chi connectivity index (χ4v) is 3.12. The van der Waals surface area contributed by atoms with E-state index in [1.165, 1.54) is 12.4 Å². The molecule has 9 heteroatoms. The average Bonchev–Trinajstić information content (AvgIpc) is 2.82. The Balaban J connectivity index is 2.35. The first-order chi connectivity index (χ1) is 8.63. The summed E-state index contributed by atoms with van der Waals surface area (Å²) >= 11 is 0.964. The van der Waals surface area contributed by atoms with Gasteiger partial charge in [0.05, 0.1) is 11.9 Å². The van der Waals surface area contributed by atoms with Crippen molar-refractivity contribution in [3.63, 3.8) is 0 Å². The van der Waals surface area contributed by atoms with Gasteiger partial charge in [-0.1, -0.05) is 4.49 Å². The Kier molecular flexibility index (Phi) is 3.72. The summed E-state index contributed by atoms with van der Waals surface area (Å²) in [6, 6.07) is 3.33. The van der Waals surface area contributed by atoms with Crippen molar-refractivity contribution in [1.29, 1.82) is 0 Å². The third-order valence-electron chi connectivity index (χ3n) is 1.99. The third kappa shape index (κ3) is 2.74. The average molecular weight is 285 g/mol. The van der Waals surface area contributed by atoms with Crippen molar-refractivity contribution in [2.75, 3.05) is 16.6 Å². The standard InChI is InChI=1S/C9H11N5O2S2/c1-2-10-7-4-3-5-11-9(7)18(15,16)13-8-6-12-14-17-8/h3-6,10,13H,2H2,1H3. The van der Waals surface area contributed by atoms with Crippen molar-refractivity contribution in [1.82, 2.24) is 14.6 Å². The van der Waals surface area contributed by atoms with Crippen LogP contribution < -0.4 is 10.0 Å². The summed E-state index contributed by atoms with van der Waals surface area (Å²) in [5, 5.41) is 6.83. The molecule has 0 aromatic carbocycles. The first kappa shape index (κ1) is 12.7. The number of hydrogen-bond acceptors (Lipinski definition) is 7. The Hall–Kier alpha value is -1.74. The highest BCUT2D eigenvalue weighted by Gasteiger charge is 2.20. The van der Waals surface area contributed by atoms with Crippen LogP contribution in [0.1, 0.15) is 6.92 Å². The van der Waals surface area contributed by atoms with Crippen LogP contribution in [0.2, 0.25) is 0 Å². The Morgan fingerprint density at radius 2 is 2.28 bits per heavy atom. The van der Waals surface area contributed by atoms with E-state index in [1.807, 2.05) is 6.92 Å². The molecule has 96 valence electrons. The topological polar surface area (TPSA) is 96.9 Å². The monoisotopic (exact) mass is 285 g/mol. The maximum Gasteiger partial charge on any atom is 0.282 e. The Bertz CT molecular complexity index is 612. The predicted octanol–water partition coefficient (Wildman–Crippen LogP) is 1.17. The smallest absolute Gasteiger partial charge is 0.282 e. The van der Waals surface area contributed by atoms with Gasteiger partial charge in [-0.3, -0.25) is 4.72 Å². The van der Waals surface area contributed by atoms with Crippen LogP contribution in [0.15, 0.2) is 29.6 Å². The summed E-state index contributed by atoms with van der Waals surface area (Å²) in [6.45, 7) is 2.49. The van der Waals surface area contributed by atoms with Crippen LogP contribution in [0, 0.1) is 0 Å². The number of pyridine rings is 1. The summed E-state index contributed by atoms with van der Waals surface area (Å²) in [4.78, 5) is 3.90. The normalized spacial score (nSPS) is 11.2. The van der Waals surface area contributed by atoms with Gasteiger partial charge in [0.15, 0.2) is 5.03 Å². The summed E-state index contributed by atoms with van der Waals surface area (Å²) in [7, 11) is -3.73. The Morgan fingerprint density at radius 1 is 1.44 bits per heavy atom. The molecule has 0 aliphatic heterocycles. The quantitative estimate of drug-likeness (QED) is 0.855.